The number of likely N-dealkylation sites (tertiary alicyclic amines) is 1. The number of aromatic amines is 1. The summed E-state index contributed by atoms with van der Waals surface area (Å²) < 4.78 is 0. The van der Waals surface area contributed by atoms with E-state index in [2.05, 4.69) is 15.3 Å². The molecular formula is C20H18Cl2N4O2. The zero-order valence-corrected chi connectivity index (χ0v) is 16.4. The second kappa shape index (κ2) is 7.91. The topological polar surface area (TPSA) is 78.1 Å². The Hall–Kier alpha value is -2.41. The summed E-state index contributed by atoms with van der Waals surface area (Å²) in [6, 6.07) is 11.8. The molecule has 8 heteroatoms. The summed E-state index contributed by atoms with van der Waals surface area (Å²) >= 11 is 12.1. The summed E-state index contributed by atoms with van der Waals surface area (Å²) in [5.74, 6) is 0.415. The molecule has 1 fully saturated rings. The molecular weight excluding hydrogens is 399 g/mol. The quantitative estimate of drug-likeness (QED) is 0.677. The Bertz CT molecular complexity index is 1100. The van der Waals surface area contributed by atoms with Crippen molar-refractivity contribution in [2.24, 2.45) is 0 Å². The Labute approximate surface area is 171 Å². The summed E-state index contributed by atoms with van der Waals surface area (Å²) in [6.07, 6.45) is 1.62. The first kappa shape index (κ1) is 18.9. The first-order valence-corrected chi connectivity index (χ1v) is 9.75. The first-order chi connectivity index (χ1) is 13.5. The molecule has 0 aliphatic carbocycles. The number of nitrogens with zero attached hydrogens (tertiary/aromatic N) is 2. The number of anilines is 1. The highest BCUT2D eigenvalue weighted by Crippen LogP contribution is 2.27. The van der Waals surface area contributed by atoms with E-state index >= 15 is 0 Å². The van der Waals surface area contributed by atoms with Gasteiger partial charge in [-0.25, -0.2) is 4.98 Å². The van der Waals surface area contributed by atoms with Crippen molar-refractivity contribution < 1.29 is 4.79 Å². The third-order valence-electron chi connectivity index (χ3n) is 4.87. The van der Waals surface area contributed by atoms with Crippen LogP contribution in [0.15, 0.2) is 47.3 Å². The van der Waals surface area contributed by atoms with Gasteiger partial charge in [0.1, 0.15) is 5.82 Å². The van der Waals surface area contributed by atoms with Gasteiger partial charge in [0.05, 0.1) is 34.2 Å². The lowest BCUT2D eigenvalue weighted by atomic mass is 10.2. The minimum absolute atomic E-state index is 0.134. The minimum Gasteiger partial charge on any atom is -0.323 e. The van der Waals surface area contributed by atoms with Crippen molar-refractivity contribution in [3.05, 3.63) is 68.7 Å². The summed E-state index contributed by atoms with van der Waals surface area (Å²) in [7, 11) is 0. The monoisotopic (exact) mass is 416 g/mol. The maximum absolute atomic E-state index is 12.8. The number of aromatic nitrogens is 2. The van der Waals surface area contributed by atoms with Gasteiger partial charge in [-0.1, -0.05) is 35.3 Å². The van der Waals surface area contributed by atoms with Gasteiger partial charge in [0.25, 0.3) is 5.56 Å². The molecule has 0 bridgehead atoms. The smallest absolute Gasteiger partial charge is 0.258 e. The number of nitrogens with one attached hydrogen (secondary N) is 2. The SMILES string of the molecule is O=C(Nc1ccc(Cl)cc1Cl)[C@@H]1CCCN1Cc1nc2ccccc2c(=O)[nH]1. The van der Waals surface area contributed by atoms with Gasteiger partial charge >= 0.3 is 0 Å². The molecule has 1 aromatic heterocycles. The fourth-order valence-electron chi connectivity index (χ4n) is 3.52. The number of amides is 1. The standard InChI is InChI=1S/C20H18Cl2N4O2/c21-12-7-8-16(14(22)10-12)24-20(28)17-6-3-9-26(17)11-18-23-15-5-2-1-4-13(15)19(27)25-18/h1-2,4-5,7-8,10,17H,3,6,9,11H2,(H,24,28)(H,23,25,27)/t17-/m0/s1. The van der Waals surface area contributed by atoms with Crippen molar-refractivity contribution in [1.29, 1.82) is 0 Å². The van der Waals surface area contributed by atoms with Gasteiger partial charge < -0.3 is 10.3 Å². The summed E-state index contributed by atoms with van der Waals surface area (Å²) in [5.41, 5.74) is 1.00. The molecule has 6 nitrogen and oxygen atoms in total. The number of halogens is 2. The van der Waals surface area contributed by atoms with Gasteiger partial charge in [0.2, 0.25) is 5.91 Å². The average molecular weight is 417 g/mol. The van der Waals surface area contributed by atoms with Crippen molar-refractivity contribution in [3.8, 4) is 0 Å². The Balaban J connectivity index is 1.52. The fourth-order valence-corrected chi connectivity index (χ4v) is 3.98. The normalized spacial score (nSPS) is 17.1. The van der Waals surface area contributed by atoms with Crippen LogP contribution in [0.5, 0.6) is 0 Å². The predicted octanol–water partition coefficient (Wildman–Crippen LogP) is 3.83. The molecule has 1 amide bonds. The lowest BCUT2D eigenvalue weighted by molar-refractivity contribution is -0.120. The molecule has 28 heavy (non-hydrogen) atoms. The van der Waals surface area contributed by atoms with Crippen molar-refractivity contribution in [3.63, 3.8) is 0 Å². The number of benzene rings is 2. The van der Waals surface area contributed by atoms with E-state index < -0.39 is 0 Å². The molecule has 0 spiro atoms. The molecule has 0 radical (unpaired) electrons. The largest absolute Gasteiger partial charge is 0.323 e. The van der Waals surface area contributed by atoms with Gasteiger partial charge in [0.15, 0.2) is 0 Å². The number of rotatable bonds is 4. The second-order valence-corrected chi connectivity index (χ2v) is 7.62. The molecule has 1 aliphatic heterocycles. The van der Waals surface area contributed by atoms with E-state index in [4.69, 9.17) is 23.2 Å². The Kier molecular flexibility index (Phi) is 5.35. The van der Waals surface area contributed by atoms with E-state index in [9.17, 15) is 9.59 Å². The third-order valence-corrected chi connectivity index (χ3v) is 5.42. The van der Waals surface area contributed by atoms with E-state index in [0.717, 1.165) is 19.4 Å². The van der Waals surface area contributed by atoms with Crippen molar-refractivity contribution in [2.75, 3.05) is 11.9 Å². The van der Waals surface area contributed by atoms with Crippen LogP contribution in [0, 0.1) is 0 Å². The Morgan fingerprint density at radius 2 is 2.07 bits per heavy atom. The van der Waals surface area contributed by atoms with Crippen molar-refractivity contribution in [1.82, 2.24) is 14.9 Å². The van der Waals surface area contributed by atoms with E-state index in [0.29, 0.717) is 39.0 Å². The van der Waals surface area contributed by atoms with E-state index in [1.807, 2.05) is 23.1 Å². The molecule has 2 heterocycles. The van der Waals surface area contributed by atoms with Crippen molar-refractivity contribution >= 4 is 45.7 Å². The second-order valence-electron chi connectivity index (χ2n) is 6.77. The van der Waals surface area contributed by atoms with Gasteiger partial charge in [-0.2, -0.15) is 0 Å². The summed E-state index contributed by atoms with van der Waals surface area (Å²) in [6.45, 7) is 1.15. The van der Waals surface area contributed by atoms with Crippen LogP contribution in [0.2, 0.25) is 10.0 Å². The first-order valence-electron chi connectivity index (χ1n) is 8.99. The molecule has 144 valence electrons. The molecule has 4 rings (SSSR count). The number of hydrogen-bond acceptors (Lipinski definition) is 4. The Morgan fingerprint density at radius 1 is 1.25 bits per heavy atom. The predicted molar refractivity (Wildman–Crippen MR) is 111 cm³/mol. The maximum Gasteiger partial charge on any atom is 0.258 e. The molecule has 1 aliphatic rings. The zero-order valence-electron chi connectivity index (χ0n) is 14.9. The number of hydrogen-bond donors (Lipinski definition) is 2. The molecule has 1 atom stereocenters. The van der Waals surface area contributed by atoms with Crippen LogP contribution in [0.3, 0.4) is 0 Å². The van der Waals surface area contributed by atoms with Gasteiger partial charge in [-0.15, -0.1) is 0 Å². The highest BCUT2D eigenvalue weighted by molar-refractivity contribution is 6.36. The Morgan fingerprint density at radius 3 is 2.89 bits per heavy atom. The minimum atomic E-state index is -0.316. The van der Waals surface area contributed by atoms with E-state index in [-0.39, 0.29) is 17.5 Å². The highest BCUT2D eigenvalue weighted by atomic mass is 35.5. The van der Waals surface area contributed by atoms with E-state index in [1.165, 1.54) is 0 Å². The zero-order chi connectivity index (χ0) is 19.7. The lowest BCUT2D eigenvalue weighted by Gasteiger charge is -2.23. The van der Waals surface area contributed by atoms with Crippen LogP contribution in [-0.4, -0.2) is 33.4 Å². The fraction of sp³-hybridized carbons (Fsp3) is 0.250. The van der Waals surface area contributed by atoms with Gasteiger partial charge in [-0.3, -0.25) is 14.5 Å². The average Bonchev–Trinajstić information content (AvgIpc) is 3.12. The van der Waals surface area contributed by atoms with Crippen LogP contribution < -0.4 is 10.9 Å². The molecule has 0 unspecified atom stereocenters. The van der Waals surface area contributed by atoms with Crippen LogP contribution in [0.1, 0.15) is 18.7 Å². The van der Waals surface area contributed by atoms with E-state index in [1.54, 1.807) is 24.3 Å². The molecule has 3 aromatic rings. The van der Waals surface area contributed by atoms with Gasteiger partial charge in [-0.05, 0) is 49.7 Å². The molecule has 0 saturated carbocycles. The lowest BCUT2D eigenvalue weighted by Crippen LogP contribution is -2.39. The third kappa shape index (κ3) is 3.90. The van der Waals surface area contributed by atoms with Crippen LogP contribution in [-0.2, 0) is 11.3 Å². The summed E-state index contributed by atoms with van der Waals surface area (Å²) in [5, 5.41) is 4.33. The summed E-state index contributed by atoms with van der Waals surface area (Å²) in [4.78, 5) is 34.5. The number of H-pyrrole nitrogens is 1. The van der Waals surface area contributed by atoms with Crippen LogP contribution >= 0.6 is 23.2 Å². The van der Waals surface area contributed by atoms with Crippen LogP contribution in [0.4, 0.5) is 5.69 Å². The highest BCUT2D eigenvalue weighted by Gasteiger charge is 2.31. The maximum atomic E-state index is 12.8. The number of carbonyl (C=O) groups is 1. The van der Waals surface area contributed by atoms with Crippen molar-refractivity contribution in [2.45, 2.75) is 25.4 Å². The molecule has 1 saturated heterocycles. The number of fused-ring (bicyclic) bond motifs is 1. The molecule has 2 N–H and O–H groups in total. The number of para-hydroxylation sites is 1. The number of carbonyl (C=O) groups excluding carboxylic acids is 1. The molecule has 2 aromatic carbocycles. The van der Waals surface area contributed by atoms with Gasteiger partial charge in [0, 0.05) is 5.02 Å². The van der Waals surface area contributed by atoms with Crippen LogP contribution in [0.25, 0.3) is 10.9 Å².